The third kappa shape index (κ3) is 6.76. The minimum absolute atomic E-state index is 0.0997. The number of nitrogens with zero attached hydrogens (tertiary/aromatic N) is 1. The maximum atomic E-state index is 12.4. The Hall–Kier alpha value is -3.46. The van der Waals surface area contributed by atoms with Crippen molar-refractivity contribution in [3.8, 4) is 11.5 Å². The summed E-state index contributed by atoms with van der Waals surface area (Å²) in [4.78, 5) is 37.4. The molecule has 0 saturated carbocycles. The van der Waals surface area contributed by atoms with E-state index in [0.29, 0.717) is 41.7 Å². The highest BCUT2D eigenvalue weighted by Crippen LogP contribution is 2.30. The molecule has 0 bridgehead atoms. The van der Waals surface area contributed by atoms with Crippen molar-refractivity contribution in [3.63, 3.8) is 0 Å². The molecule has 2 aromatic rings. The summed E-state index contributed by atoms with van der Waals surface area (Å²) < 4.78 is 21.1. The molecule has 3 rings (SSSR count). The minimum Gasteiger partial charge on any atom is -0.493 e. The van der Waals surface area contributed by atoms with Crippen LogP contribution in [-0.4, -0.2) is 55.9 Å². The van der Waals surface area contributed by atoms with Crippen LogP contribution in [0.2, 0.25) is 0 Å². The average Bonchev–Trinajstić information content (AvgIpc) is 3.19. The van der Waals surface area contributed by atoms with Gasteiger partial charge in [0.2, 0.25) is 5.91 Å². The number of hydrogen-bond acceptors (Lipinski definition) is 8. The van der Waals surface area contributed by atoms with E-state index in [1.807, 2.05) is 30.3 Å². The van der Waals surface area contributed by atoms with Gasteiger partial charge in [0, 0.05) is 6.54 Å². The smallest absolute Gasteiger partial charge is 0.338 e. The predicted octanol–water partition coefficient (Wildman–Crippen LogP) is 3.41. The van der Waals surface area contributed by atoms with Crippen molar-refractivity contribution in [2.24, 2.45) is 0 Å². The number of hydrogen-bond donors (Lipinski definition) is 0. The van der Waals surface area contributed by atoms with Crippen LogP contribution >= 0.6 is 11.8 Å². The number of benzene rings is 2. The van der Waals surface area contributed by atoms with E-state index in [1.165, 1.54) is 37.0 Å². The second kappa shape index (κ2) is 12.0. The fourth-order valence-electron chi connectivity index (χ4n) is 3.05. The molecule has 0 spiro atoms. The molecule has 1 amide bonds. The molecule has 174 valence electrons. The molecule has 0 unspecified atom stereocenters. The highest BCUT2D eigenvalue weighted by molar-refractivity contribution is 8.04. The van der Waals surface area contributed by atoms with E-state index in [0.717, 1.165) is 5.56 Å². The van der Waals surface area contributed by atoms with E-state index in [1.54, 1.807) is 18.2 Å². The monoisotopic (exact) mass is 471 g/mol. The lowest BCUT2D eigenvalue weighted by atomic mass is 10.2. The molecule has 0 N–H and O–H groups in total. The first kappa shape index (κ1) is 24.2. The zero-order valence-electron chi connectivity index (χ0n) is 18.4. The molecule has 9 heteroatoms. The largest absolute Gasteiger partial charge is 0.493 e. The first-order valence-electron chi connectivity index (χ1n) is 10.3. The number of ether oxygens (including phenoxy) is 4. The Bertz CT molecular complexity index is 1020. The van der Waals surface area contributed by atoms with Gasteiger partial charge >= 0.3 is 11.9 Å². The number of carbonyl (C=O) groups is 3. The normalized spacial score (nSPS) is 14.3. The Labute approximate surface area is 196 Å². The van der Waals surface area contributed by atoms with E-state index in [4.69, 9.17) is 14.2 Å². The van der Waals surface area contributed by atoms with Crippen LogP contribution in [0.4, 0.5) is 0 Å². The zero-order chi connectivity index (χ0) is 23.6. The van der Waals surface area contributed by atoms with Gasteiger partial charge < -0.3 is 23.8 Å². The van der Waals surface area contributed by atoms with E-state index in [2.05, 4.69) is 4.74 Å². The first-order valence-corrected chi connectivity index (χ1v) is 11.2. The number of thioether (sulfide) groups is 1. The summed E-state index contributed by atoms with van der Waals surface area (Å²) >= 11 is 1.27. The summed E-state index contributed by atoms with van der Waals surface area (Å²) in [6, 6.07) is 14.6. The van der Waals surface area contributed by atoms with Crippen molar-refractivity contribution in [2.45, 2.75) is 13.0 Å². The fourth-order valence-corrected chi connectivity index (χ4v) is 4.00. The summed E-state index contributed by atoms with van der Waals surface area (Å²) in [5.41, 5.74) is 1.35. The van der Waals surface area contributed by atoms with Crippen molar-refractivity contribution in [1.82, 2.24) is 4.90 Å². The summed E-state index contributed by atoms with van der Waals surface area (Å²) in [5, 5.41) is 0.536. The fraction of sp³-hybridized carbons (Fsp3) is 0.292. The SMILES string of the molecule is COC(=O)/C=C1/SCC(=O)N1CCCOC(=O)c1ccc(OCc2ccccc2)c(OC)c1. The maximum Gasteiger partial charge on any atom is 0.338 e. The van der Waals surface area contributed by atoms with Crippen LogP contribution < -0.4 is 9.47 Å². The lowest BCUT2D eigenvalue weighted by molar-refractivity contribution is -0.134. The number of esters is 2. The van der Waals surface area contributed by atoms with Gasteiger partial charge in [-0.05, 0) is 30.2 Å². The van der Waals surface area contributed by atoms with Gasteiger partial charge in [-0.1, -0.05) is 42.1 Å². The molecule has 33 heavy (non-hydrogen) atoms. The predicted molar refractivity (Wildman–Crippen MR) is 123 cm³/mol. The summed E-state index contributed by atoms with van der Waals surface area (Å²) in [5.74, 6) is 0.0909. The molecule has 0 radical (unpaired) electrons. The van der Waals surface area contributed by atoms with Crippen molar-refractivity contribution < 1.29 is 33.3 Å². The van der Waals surface area contributed by atoms with Crippen molar-refractivity contribution in [3.05, 3.63) is 70.8 Å². The number of rotatable bonds is 10. The summed E-state index contributed by atoms with van der Waals surface area (Å²) in [6.45, 7) is 0.825. The van der Waals surface area contributed by atoms with Gasteiger partial charge in [-0.2, -0.15) is 0 Å². The first-order chi connectivity index (χ1) is 16.0. The van der Waals surface area contributed by atoms with Crippen LogP contribution in [0, 0.1) is 0 Å². The molecule has 0 aromatic heterocycles. The van der Waals surface area contributed by atoms with Gasteiger partial charge in [-0.15, -0.1) is 0 Å². The molecular weight excluding hydrogens is 446 g/mol. The van der Waals surface area contributed by atoms with Crippen molar-refractivity contribution in [2.75, 3.05) is 33.1 Å². The molecule has 1 aliphatic heterocycles. The summed E-state index contributed by atoms with van der Waals surface area (Å²) in [7, 11) is 2.78. The maximum absolute atomic E-state index is 12.4. The van der Waals surface area contributed by atoms with E-state index < -0.39 is 11.9 Å². The van der Waals surface area contributed by atoms with Crippen LogP contribution in [0.1, 0.15) is 22.3 Å². The standard InChI is InChI=1S/C24H25NO7S/c1-29-20-13-18(9-10-19(20)32-15-17-7-4-3-5-8-17)24(28)31-12-6-11-25-21(26)16-33-22(25)14-23(27)30-2/h3-5,7-10,13-14H,6,11-12,15-16H2,1-2H3/b22-14+. The Kier molecular flexibility index (Phi) is 8.77. The summed E-state index contributed by atoms with van der Waals surface area (Å²) in [6.07, 6.45) is 1.71. The van der Waals surface area contributed by atoms with Crippen LogP contribution in [-0.2, 0) is 25.7 Å². The second-order valence-corrected chi connectivity index (χ2v) is 7.96. The van der Waals surface area contributed by atoms with Gasteiger partial charge in [0.15, 0.2) is 11.5 Å². The Morgan fingerprint density at radius 1 is 1.09 bits per heavy atom. The average molecular weight is 472 g/mol. The molecule has 1 fully saturated rings. The van der Waals surface area contributed by atoms with Gasteiger partial charge in [0.1, 0.15) is 6.61 Å². The van der Waals surface area contributed by atoms with Crippen LogP contribution in [0.3, 0.4) is 0 Å². The molecule has 1 saturated heterocycles. The third-order valence-corrected chi connectivity index (χ3v) is 5.77. The molecule has 1 heterocycles. The van der Waals surface area contributed by atoms with Crippen LogP contribution in [0.15, 0.2) is 59.6 Å². The van der Waals surface area contributed by atoms with E-state index >= 15 is 0 Å². The second-order valence-electron chi connectivity index (χ2n) is 6.97. The van der Waals surface area contributed by atoms with Crippen LogP contribution in [0.5, 0.6) is 11.5 Å². The van der Waals surface area contributed by atoms with Crippen LogP contribution in [0.25, 0.3) is 0 Å². The van der Waals surface area contributed by atoms with E-state index in [9.17, 15) is 14.4 Å². The molecular formula is C24H25NO7S. The number of methoxy groups -OCH3 is 2. The Morgan fingerprint density at radius 2 is 1.88 bits per heavy atom. The van der Waals surface area contributed by atoms with Gasteiger partial charge in [-0.25, -0.2) is 9.59 Å². The molecule has 0 atom stereocenters. The molecule has 0 aliphatic carbocycles. The molecule has 1 aliphatic rings. The Balaban J connectivity index is 1.51. The van der Waals surface area contributed by atoms with Gasteiger partial charge in [-0.3, -0.25) is 4.79 Å². The lowest BCUT2D eigenvalue weighted by Crippen LogP contribution is -2.27. The van der Waals surface area contributed by atoms with Gasteiger partial charge in [0.25, 0.3) is 0 Å². The third-order valence-electron chi connectivity index (χ3n) is 4.75. The highest BCUT2D eigenvalue weighted by Gasteiger charge is 2.27. The quantitative estimate of drug-likeness (QED) is 0.296. The van der Waals surface area contributed by atoms with Gasteiger partial charge in [0.05, 0.1) is 43.2 Å². The topological polar surface area (TPSA) is 91.4 Å². The zero-order valence-corrected chi connectivity index (χ0v) is 19.3. The number of amides is 1. The highest BCUT2D eigenvalue weighted by atomic mass is 32.2. The minimum atomic E-state index is -0.520. The molecule has 2 aromatic carbocycles. The van der Waals surface area contributed by atoms with Crippen molar-refractivity contribution >= 4 is 29.6 Å². The van der Waals surface area contributed by atoms with E-state index in [-0.39, 0.29) is 18.3 Å². The molecule has 8 nitrogen and oxygen atoms in total. The number of carbonyl (C=O) groups excluding carboxylic acids is 3. The van der Waals surface area contributed by atoms with Crippen molar-refractivity contribution in [1.29, 1.82) is 0 Å². The Morgan fingerprint density at radius 3 is 2.61 bits per heavy atom. The lowest BCUT2D eigenvalue weighted by Gasteiger charge is -2.16.